The molecule has 0 heterocycles. The van der Waals surface area contributed by atoms with E-state index >= 15 is 0 Å². The van der Waals surface area contributed by atoms with Crippen LogP contribution >= 0.6 is 0 Å². The highest BCUT2D eigenvalue weighted by Crippen LogP contribution is 2.22. The summed E-state index contributed by atoms with van der Waals surface area (Å²) >= 11 is 0. The molecule has 0 spiro atoms. The highest BCUT2D eigenvalue weighted by Gasteiger charge is 2.10. The molecule has 0 aromatic rings. The predicted octanol–water partition coefficient (Wildman–Crippen LogP) is 3.16. The fraction of sp³-hybridized carbons (Fsp3) is 0.600. The maximum absolute atomic E-state index is 2.38. The fourth-order valence-corrected chi connectivity index (χ4v) is 1.23. The van der Waals surface area contributed by atoms with Gasteiger partial charge >= 0.3 is 0 Å². The third kappa shape index (κ3) is 1.50. The molecule has 56 valence electrons. The van der Waals surface area contributed by atoms with Crippen LogP contribution in [0.4, 0.5) is 0 Å². The van der Waals surface area contributed by atoms with Gasteiger partial charge in [0, 0.05) is 0 Å². The number of rotatable bonds is 1. The lowest BCUT2D eigenvalue weighted by molar-refractivity contribution is 0.546. The third-order valence-corrected chi connectivity index (χ3v) is 2.33. The fourth-order valence-electron chi connectivity index (χ4n) is 1.23. The topological polar surface area (TPSA) is 0 Å². The van der Waals surface area contributed by atoms with Gasteiger partial charge in [-0.1, -0.05) is 44.6 Å². The monoisotopic (exact) mass is 136 g/mol. The van der Waals surface area contributed by atoms with Crippen LogP contribution in [0.1, 0.15) is 27.2 Å². The molecule has 10 heavy (non-hydrogen) atoms. The van der Waals surface area contributed by atoms with E-state index in [4.69, 9.17) is 0 Å². The minimum absolute atomic E-state index is 0.732. The maximum Gasteiger partial charge on any atom is -0.0196 e. The van der Waals surface area contributed by atoms with Crippen molar-refractivity contribution in [3.05, 3.63) is 23.8 Å². The Balaban J connectivity index is 2.66. The molecule has 0 bridgehead atoms. The van der Waals surface area contributed by atoms with Gasteiger partial charge in [0.1, 0.15) is 0 Å². The van der Waals surface area contributed by atoms with Gasteiger partial charge in [-0.3, -0.25) is 0 Å². The van der Waals surface area contributed by atoms with Crippen LogP contribution in [0, 0.1) is 11.8 Å². The van der Waals surface area contributed by atoms with E-state index in [-0.39, 0.29) is 0 Å². The van der Waals surface area contributed by atoms with Crippen LogP contribution in [0.5, 0.6) is 0 Å². The molecule has 0 aliphatic heterocycles. The molecule has 0 aromatic carbocycles. The van der Waals surface area contributed by atoms with Crippen molar-refractivity contribution in [2.75, 3.05) is 0 Å². The van der Waals surface area contributed by atoms with E-state index in [1.807, 2.05) is 0 Å². The Morgan fingerprint density at radius 2 is 2.00 bits per heavy atom. The molecular formula is C10H16. The lowest BCUT2D eigenvalue weighted by Crippen LogP contribution is -2.06. The summed E-state index contributed by atoms with van der Waals surface area (Å²) in [6, 6.07) is 0. The zero-order chi connectivity index (χ0) is 7.56. The van der Waals surface area contributed by atoms with Gasteiger partial charge in [0.05, 0.1) is 0 Å². The van der Waals surface area contributed by atoms with Crippen molar-refractivity contribution in [1.82, 2.24) is 0 Å². The molecule has 0 nitrogen and oxygen atoms in total. The molecule has 0 fully saturated rings. The van der Waals surface area contributed by atoms with Crippen LogP contribution < -0.4 is 0 Å². The van der Waals surface area contributed by atoms with Crippen molar-refractivity contribution in [2.24, 2.45) is 11.8 Å². The minimum atomic E-state index is 0.732. The van der Waals surface area contributed by atoms with Crippen LogP contribution in [0.3, 0.4) is 0 Å². The summed E-state index contributed by atoms with van der Waals surface area (Å²) in [4.78, 5) is 0. The molecule has 0 aromatic heterocycles. The first kappa shape index (κ1) is 7.59. The molecular weight excluding hydrogens is 120 g/mol. The van der Waals surface area contributed by atoms with Crippen molar-refractivity contribution in [2.45, 2.75) is 27.2 Å². The summed E-state index contributed by atoms with van der Waals surface area (Å²) in [5, 5.41) is 0. The third-order valence-electron chi connectivity index (χ3n) is 2.33. The van der Waals surface area contributed by atoms with Gasteiger partial charge < -0.3 is 0 Å². The first-order valence-corrected chi connectivity index (χ1v) is 4.13. The van der Waals surface area contributed by atoms with E-state index in [9.17, 15) is 0 Å². The van der Waals surface area contributed by atoms with E-state index in [0.717, 1.165) is 11.8 Å². The SMILES string of the molecule is CCC1=CC(C)C(C)C=C1. The minimum Gasteiger partial charge on any atom is -0.0809 e. The molecule has 1 aliphatic rings. The molecule has 2 atom stereocenters. The summed E-state index contributed by atoms with van der Waals surface area (Å²) in [5.74, 6) is 1.47. The molecule has 0 heteroatoms. The summed E-state index contributed by atoms with van der Waals surface area (Å²) in [6.45, 7) is 6.76. The van der Waals surface area contributed by atoms with Crippen LogP contribution in [0.25, 0.3) is 0 Å². The predicted molar refractivity (Wildman–Crippen MR) is 45.8 cm³/mol. The average Bonchev–Trinajstić information content (AvgIpc) is 1.95. The van der Waals surface area contributed by atoms with Gasteiger partial charge in [0.2, 0.25) is 0 Å². The summed E-state index contributed by atoms with van der Waals surface area (Å²) in [5.41, 5.74) is 1.49. The molecule has 0 radical (unpaired) electrons. The lowest BCUT2D eigenvalue weighted by Gasteiger charge is -2.18. The molecule has 1 rings (SSSR count). The van der Waals surface area contributed by atoms with Crippen molar-refractivity contribution in [3.63, 3.8) is 0 Å². The second kappa shape index (κ2) is 3.05. The first-order valence-electron chi connectivity index (χ1n) is 4.13. The van der Waals surface area contributed by atoms with Crippen LogP contribution in [-0.2, 0) is 0 Å². The highest BCUT2D eigenvalue weighted by atomic mass is 14.1. The van der Waals surface area contributed by atoms with Gasteiger partial charge in [-0.25, -0.2) is 0 Å². The Hall–Kier alpha value is -0.520. The van der Waals surface area contributed by atoms with Gasteiger partial charge in [0.25, 0.3) is 0 Å². The summed E-state index contributed by atoms with van der Waals surface area (Å²) in [7, 11) is 0. The van der Waals surface area contributed by atoms with Crippen molar-refractivity contribution < 1.29 is 0 Å². The Bertz CT molecular complexity index is 163. The Kier molecular flexibility index (Phi) is 2.31. The van der Waals surface area contributed by atoms with E-state index < -0.39 is 0 Å². The van der Waals surface area contributed by atoms with E-state index in [2.05, 4.69) is 39.0 Å². The Morgan fingerprint density at radius 3 is 2.50 bits per heavy atom. The largest absolute Gasteiger partial charge is 0.0809 e. The van der Waals surface area contributed by atoms with Crippen molar-refractivity contribution >= 4 is 0 Å². The van der Waals surface area contributed by atoms with Crippen molar-refractivity contribution in [3.8, 4) is 0 Å². The molecule has 0 amide bonds. The van der Waals surface area contributed by atoms with Gasteiger partial charge in [-0.2, -0.15) is 0 Å². The Morgan fingerprint density at radius 1 is 1.30 bits per heavy atom. The normalized spacial score (nSPS) is 32.1. The quantitative estimate of drug-likeness (QED) is 0.519. The van der Waals surface area contributed by atoms with E-state index in [1.165, 1.54) is 12.0 Å². The smallest absolute Gasteiger partial charge is 0.0196 e. The van der Waals surface area contributed by atoms with Crippen LogP contribution in [0.2, 0.25) is 0 Å². The van der Waals surface area contributed by atoms with Gasteiger partial charge in [-0.15, -0.1) is 0 Å². The summed E-state index contributed by atoms with van der Waals surface area (Å²) < 4.78 is 0. The number of hydrogen-bond acceptors (Lipinski definition) is 0. The molecule has 0 saturated heterocycles. The van der Waals surface area contributed by atoms with E-state index in [1.54, 1.807) is 0 Å². The van der Waals surface area contributed by atoms with Crippen LogP contribution in [-0.4, -0.2) is 0 Å². The number of hydrogen-bond donors (Lipinski definition) is 0. The zero-order valence-electron chi connectivity index (χ0n) is 7.09. The zero-order valence-corrected chi connectivity index (χ0v) is 7.09. The molecule has 0 N–H and O–H groups in total. The van der Waals surface area contributed by atoms with Gasteiger partial charge in [0.15, 0.2) is 0 Å². The molecule has 1 aliphatic carbocycles. The second-order valence-electron chi connectivity index (χ2n) is 3.17. The average molecular weight is 136 g/mol. The van der Waals surface area contributed by atoms with Crippen molar-refractivity contribution in [1.29, 1.82) is 0 Å². The first-order chi connectivity index (χ1) is 4.74. The highest BCUT2D eigenvalue weighted by molar-refractivity contribution is 5.24. The molecule has 2 unspecified atom stereocenters. The van der Waals surface area contributed by atoms with Gasteiger partial charge in [-0.05, 0) is 18.3 Å². The standard InChI is InChI=1S/C10H16/c1-4-10-6-5-8(2)9(3)7-10/h5-9H,4H2,1-3H3. The Labute approximate surface area is 63.6 Å². The maximum atomic E-state index is 2.38. The lowest BCUT2D eigenvalue weighted by atomic mass is 9.88. The number of allylic oxidation sites excluding steroid dienone is 4. The van der Waals surface area contributed by atoms with Crippen LogP contribution in [0.15, 0.2) is 23.8 Å². The van der Waals surface area contributed by atoms with E-state index in [0.29, 0.717) is 0 Å². The summed E-state index contributed by atoms with van der Waals surface area (Å²) in [6.07, 6.45) is 8.12. The second-order valence-corrected chi connectivity index (χ2v) is 3.17. The molecule has 0 saturated carbocycles.